The van der Waals surface area contributed by atoms with Crippen LogP contribution in [0.4, 0.5) is 26.3 Å². The molecule has 0 unspecified atom stereocenters. The van der Waals surface area contributed by atoms with Crippen molar-refractivity contribution in [2.45, 2.75) is 26.2 Å². The molecule has 0 aliphatic rings. The first-order valence-corrected chi connectivity index (χ1v) is 4.29. The normalized spacial score (nSPS) is 13.0. The molecule has 1 aromatic carbocycles. The molecule has 16 heavy (non-hydrogen) atoms. The molecule has 0 atom stereocenters. The van der Waals surface area contributed by atoms with E-state index in [4.69, 9.17) is 0 Å². The molecule has 0 saturated heterocycles. The smallest absolute Gasteiger partial charge is 0.166 e. The lowest BCUT2D eigenvalue weighted by Crippen LogP contribution is -2.15. The Hall–Kier alpha value is -1.20. The highest BCUT2D eigenvalue weighted by molar-refractivity contribution is 5.41. The predicted molar refractivity (Wildman–Crippen MR) is 45.9 cm³/mol. The third-order valence-electron chi connectivity index (χ3n) is 2.16. The highest BCUT2D eigenvalue weighted by Gasteiger charge is 2.39. The van der Waals surface area contributed by atoms with Gasteiger partial charge in [-0.25, -0.2) is 0 Å². The molecule has 0 aliphatic carbocycles. The van der Waals surface area contributed by atoms with E-state index < -0.39 is 29.0 Å². The molecule has 1 aromatic rings. The van der Waals surface area contributed by atoms with Gasteiger partial charge in [-0.2, -0.15) is 26.3 Å². The van der Waals surface area contributed by atoms with Crippen molar-refractivity contribution >= 4 is 0 Å². The van der Waals surface area contributed by atoms with Crippen molar-refractivity contribution in [3.8, 4) is 0 Å². The van der Waals surface area contributed by atoms with Crippen molar-refractivity contribution in [2.75, 3.05) is 0 Å². The number of aryl methyl sites for hydroxylation is 1. The molecule has 0 amide bonds. The lowest BCUT2D eigenvalue weighted by Gasteiger charge is -2.17. The van der Waals surface area contributed by atoms with Crippen LogP contribution >= 0.6 is 0 Å². The van der Waals surface area contributed by atoms with Crippen LogP contribution < -0.4 is 0 Å². The fourth-order valence-electron chi connectivity index (χ4n) is 1.45. The zero-order valence-corrected chi connectivity index (χ0v) is 8.42. The van der Waals surface area contributed by atoms with E-state index in [9.17, 15) is 26.3 Å². The lowest BCUT2D eigenvalue weighted by molar-refractivity contribution is -0.144. The summed E-state index contributed by atoms with van der Waals surface area (Å²) in [5.74, 6) is 0. The molecule has 0 bridgehead atoms. The maximum atomic E-state index is 12.4. The van der Waals surface area contributed by atoms with Crippen molar-refractivity contribution < 1.29 is 26.3 Å². The van der Waals surface area contributed by atoms with Crippen LogP contribution in [0.2, 0.25) is 0 Å². The number of halogens is 6. The van der Waals surface area contributed by atoms with Crippen LogP contribution in [0.3, 0.4) is 0 Å². The Balaban J connectivity index is 3.51. The maximum Gasteiger partial charge on any atom is 0.416 e. The van der Waals surface area contributed by atoms with Crippen molar-refractivity contribution in [1.82, 2.24) is 0 Å². The van der Waals surface area contributed by atoms with Gasteiger partial charge in [0.1, 0.15) is 0 Å². The minimum atomic E-state index is -4.77. The van der Waals surface area contributed by atoms with E-state index in [0.29, 0.717) is 12.1 Å². The lowest BCUT2D eigenvalue weighted by atomic mass is 9.98. The molecule has 1 rings (SSSR count). The second-order valence-corrected chi connectivity index (χ2v) is 3.48. The van der Waals surface area contributed by atoms with E-state index in [1.54, 1.807) is 0 Å². The van der Waals surface area contributed by atoms with Crippen molar-refractivity contribution in [3.63, 3.8) is 0 Å². The largest absolute Gasteiger partial charge is 0.416 e. The Morgan fingerprint density at radius 3 is 1.31 bits per heavy atom. The summed E-state index contributed by atoms with van der Waals surface area (Å²) < 4.78 is 74.6. The Morgan fingerprint density at radius 2 is 1.06 bits per heavy atom. The Morgan fingerprint density at radius 1 is 0.750 bits per heavy atom. The number of hydrogen-bond acceptors (Lipinski definition) is 0. The zero-order chi connectivity index (χ0) is 12.7. The third kappa shape index (κ3) is 2.48. The Labute approximate surface area is 87.9 Å². The van der Waals surface area contributed by atoms with Gasteiger partial charge in [0.05, 0.1) is 11.1 Å². The monoisotopic (exact) mass is 242 g/mol. The molecule has 0 radical (unpaired) electrons. The maximum absolute atomic E-state index is 12.4. The van der Waals surface area contributed by atoms with E-state index >= 15 is 0 Å². The Kier molecular flexibility index (Phi) is 2.96. The van der Waals surface area contributed by atoms with Crippen LogP contribution in [-0.4, -0.2) is 0 Å². The van der Waals surface area contributed by atoms with Crippen LogP contribution in [0.1, 0.15) is 22.3 Å². The molecule has 0 aromatic heterocycles. The molecule has 0 heterocycles. The average molecular weight is 242 g/mol. The van der Waals surface area contributed by atoms with Gasteiger partial charge in [0, 0.05) is 0 Å². The van der Waals surface area contributed by atoms with Gasteiger partial charge < -0.3 is 0 Å². The van der Waals surface area contributed by atoms with Gasteiger partial charge in [-0.3, -0.25) is 0 Å². The first kappa shape index (κ1) is 12.9. The summed E-state index contributed by atoms with van der Waals surface area (Å²) in [6.07, 6.45) is -9.54. The third-order valence-corrected chi connectivity index (χ3v) is 2.16. The van der Waals surface area contributed by atoms with Gasteiger partial charge in [-0.1, -0.05) is 0 Å². The van der Waals surface area contributed by atoms with Gasteiger partial charge >= 0.3 is 12.4 Å². The van der Waals surface area contributed by atoms with Gasteiger partial charge in [0.15, 0.2) is 0 Å². The average Bonchev–Trinajstić information content (AvgIpc) is 2.04. The van der Waals surface area contributed by atoms with Crippen molar-refractivity contribution in [1.29, 1.82) is 0 Å². The highest BCUT2D eigenvalue weighted by Crippen LogP contribution is 2.39. The molecule has 0 spiro atoms. The first-order valence-electron chi connectivity index (χ1n) is 4.29. The van der Waals surface area contributed by atoms with Gasteiger partial charge in [0.25, 0.3) is 0 Å². The van der Waals surface area contributed by atoms with E-state index in [2.05, 4.69) is 0 Å². The van der Waals surface area contributed by atoms with Crippen LogP contribution in [0.25, 0.3) is 0 Å². The molecule has 6 heteroatoms. The summed E-state index contributed by atoms with van der Waals surface area (Å²) in [5, 5.41) is 0. The van der Waals surface area contributed by atoms with Crippen LogP contribution in [-0.2, 0) is 12.4 Å². The first-order chi connectivity index (χ1) is 7.03. The molecule has 0 nitrogen and oxygen atoms in total. The topological polar surface area (TPSA) is 0 Å². The summed E-state index contributed by atoms with van der Waals surface area (Å²) >= 11 is 0. The SMILES string of the molecule is Cc1cc(C(F)(F)F)c(C)c(C(F)(F)F)c1. The molecule has 0 N–H and O–H groups in total. The van der Waals surface area contributed by atoms with Gasteiger partial charge in [0.2, 0.25) is 0 Å². The number of rotatable bonds is 0. The second kappa shape index (κ2) is 3.68. The van der Waals surface area contributed by atoms with Crippen molar-refractivity contribution in [3.05, 3.63) is 34.4 Å². The standard InChI is InChI=1S/C10H8F6/c1-5-3-7(9(11,12)13)6(2)8(4-5)10(14,15)16/h3-4H,1-2H3. The molecule has 0 fully saturated rings. The van der Waals surface area contributed by atoms with E-state index in [1.807, 2.05) is 0 Å². The van der Waals surface area contributed by atoms with Crippen LogP contribution in [0.15, 0.2) is 12.1 Å². The summed E-state index contributed by atoms with van der Waals surface area (Å²) in [6.45, 7) is 2.02. The Bertz CT molecular complexity index is 364. The number of hydrogen-bond donors (Lipinski definition) is 0. The molecule has 0 saturated carbocycles. The fourth-order valence-corrected chi connectivity index (χ4v) is 1.45. The summed E-state index contributed by atoms with van der Waals surface area (Å²) in [7, 11) is 0. The molecular weight excluding hydrogens is 234 g/mol. The molecule has 90 valence electrons. The minimum Gasteiger partial charge on any atom is -0.166 e. The van der Waals surface area contributed by atoms with E-state index in [0.717, 1.165) is 6.92 Å². The quantitative estimate of drug-likeness (QED) is 0.593. The summed E-state index contributed by atoms with van der Waals surface area (Å²) in [5.41, 5.74) is -3.32. The zero-order valence-electron chi connectivity index (χ0n) is 8.42. The highest BCUT2D eigenvalue weighted by atomic mass is 19.4. The van der Waals surface area contributed by atoms with Crippen molar-refractivity contribution in [2.24, 2.45) is 0 Å². The fraction of sp³-hybridized carbons (Fsp3) is 0.400. The minimum absolute atomic E-state index is 0.0646. The predicted octanol–water partition coefficient (Wildman–Crippen LogP) is 4.34. The van der Waals surface area contributed by atoms with Gasteiger partial charge in [-0.15, -0.1) is 0 Å². The number of alkyl halides is 6. The van der Waals surface area contributed by atoms with Gasteiger partial charge in [-0.05, 0) is 37.1 Å². The second-order valence-electron chi connectivity index (χ2n) is 3.48. The van der Waals surface area contributed by atoms with Crippen LogP contribution in [0, 0.1) is 13.8 Å². The van der Waals surface area contributed by atoms with E-state index in [1.165, 1.54) is 6.92 Å². The molecular formula is C10H8F6. The van der Waals surface area contributed by atoms with E-state index in [-0.39, 0.29) is 5.56 Å². The summed E-state index contributed by atoms with van der Waals surface area (Å²) in [4.78, 5) is 0. The number of benzene rings is 1. The van der Waals surface area contributed by atoms with Crippen LogP contribution in [0.5, 0.6) is 0 Å². The molecule has 0 aliphatic heterocycles. The summed E-state index contributed by atoms with van der Waals surface area (Å²) in [6, 6.07) is 1.43.